The van der Waals surface area contributed by atoms with E-state index >= 15 is 0 Å². The van der Waals surface area contributed by atoms with Crippen LogP contribution >= 0.6 is 0 Å². The van der Waals surface area contributed by atoms with Gasteiger partial charge in [-0.25, -0.2) is 0 Å². The maximum atomic E-state index is 12.0. The minimum atomic E-state index is -0.769. The molecule has 0 saturated heterocycles. The Balaban J connectivity index is 1.86. The molecule has 0 aromatic heterocycles. The van der Waals surface area contributed by atoms with Crippen LogP contribution in [0.3, 0.4) is 0 Å². The Hall–Kier alpha value is -2.08. The average molecular weight is 334 g/mol. The van der Waals surface area contributed by atoms with E-state index in [0.717, 1.165) is 31.2 Å². The van der Waals surface area contributed by atoms with E-state index in [1.165, 1.54) is 13.5 Å². The number of amides is 2. The summed E-state index contributed by atoms with van der Waals surface area (Å²) in [6.45, 7) is 1.98. The predicted octanol–water partition coefficient (Wildman–Crippen LogP) is 2.00. The maximum Gasteiger partial charge on any atom is 0.313 e. The summed E-state index contributed by atoms with van der Waals surface area (Å²) in [5.41, 5.74) is 1.39. The molecule has 0 radical (unpaired) electrons. The molecule has 1 aliphatic carbocycles. The van der Waals surface area contributed by atoms with E-state index in [2.05, 4.69) is 10.6 Å². The fraction of sp³-hybridized carbons (Fsp3) is 0.556. The van der Waals surface area contributed by atoms with Crippen molar-refractivity contribution in [3.05, 3.63) is 23.8 Å². The summed E-state index contributed by atoms with van der Waals surface area (Å²) in [5.74, 6) is -0.828. The lowest BCUT2D eigenvalue weighted by molar-refractivity contribution is -0.136. The van der Waals surface area contributed by atoms with Crippen molar-refractivity contribution in [2.24, 2.45) is 5.92 Å². The van der Waals surface area contributed by atoms with Crippen molar-refractivity contribution >= 4 is 17.5 Å². The van der Waals surface area contributed by atoms with Gasteiger partial charge in [0.25, 0.3) is 0 Å². The third-order valence-electron chi connectivity index (χ3n) is 4.48. The number of hydrogen-bond donors (Lipinski definition) is 3. The molecule has 1 saturated carbocycles. The number of benzene rings is 1. The minimum Gasteiger partial charge on any atom is -0.495 e. The van der Waals surface area contributed by atoms with Crippen LogP contribution in [0.5, 0.6) is 5.75 Å². The van der Waals surface area contributed by atoms with Gasteiger partial charge in [0.1, 0.15) is 5.75 Å². The molecule has 0 aliphatic heterocycles. The first-order valence-corrected chi connectivity index (χ1v) is 8.43. The number of methoxy groups -OCH3 is 1. The van der Waals surface area contributed by atoms with Crippen molar-refractivity contribution in [2.45, 2.75) is 45.1 Å². The number of hydrogen-bond acceptors (Lipinski definition) is 4. The number of aliphatic hydroxyl groups is 1. The maximum absolute atomic E-state index is 12.0. The highest BCUT2D eigenvalue weighted by Crippen LogP contribution is 2.26. The fourth-order valence-electron chi connectivity index (χ4n) is 3.06. The van der Waals surface area contributed by atoms with Crippen LogP contribution in [0, 0.1) is 12.8 Å². The molecular formula is C18H26N2O4. The van der Waals surface area contributed by atoms with Crippen molar-refractivity contribution in [3.63, 3.8) is 0 Å². The number of nitrogens with one attached hydrogen (secondary N) is 2. The lowest BCUT2D eigenvalue weighted by Gasteiger charge is -2.26. The van der Waals surface area contributed by atoms with E-state index in [0.29, 0.717) is 11.4 Å². The summed E-state index contributed by atoms with van der Waals surface area (Å²) in [4.78, 5) is 24.0. The zero-order valence-electron chi connectivity index (χ0n) is 14.3. The van der Waals surface area contributed by atoms with Gasteiger partial charge >= 0.3 is 11.8 Å². The largest absolute Gasteiger partial charge is 0.495 e. The van der Waals surface area contributed by atoms with Crippen molar-refractivity contribution < 1.29 is 19.4 Å². The molecule has 1 fully saturated rings. The average Bonchev–Trinajstić information content (AvgIpc) is 2.60. The van der Waals surface area contributed by atoms with Crippen molar-refractivity contribution in [1.82, 2.24) is 5.32 Å². The molecule has 2 rings (SSSR count). The first kappa shape index (κ1) is 18.3. The predicted molar refractivity (Wildman–Crippen MR) is 92.0 cm³/mol. The molecule has 1 atom stereocenters. The van der Waals surface area contributed by atoms with Crippen molar-refractivity contribution in [1.29, 1.82) is 0 Å². The van der Waals surface area contributed by atoms with E-state index in [1.807, 2.05) is 13.0 Å². The van der Waals surface area contributed by atoms with Crippen LogP contribution in [-0.4, -0.2) is 36.7 Å². The summed E-state index contributed by atoms with van der Waals surface area (Å²) >= 11 is 0. The number of carbonyl (C=O) groups excluding carboxylic acids is 2. The van der Waals surface area contributed by atoms with Gasteiger partial charge in [0.2, 0.25) is 0 Å². The number of aliphatic hydroxyl groups excluding tert-OH is 1. The highest BCUT2D eigenvalue weighted by Gasteiger charge is 2.23. The number of aryl methyl sites for hydroxylation is 1. The first-order chi connectivity index (χ1) is 11.5. The third kappa shape index (κ3) is 4.96. The molecule has 3 N–H and O–H groups in total. The van der Waals surface area contributed by atoms with E-state index in [4.69, 9.17) is 4.74 Å². The Morgan fingerprint density at radius 1 is 1.25 bits per heavy atom. The monoisotopic (exact) mass is 334 g/mol. The van der Waals surface area contributed by atoms with Gasteiger partial charge in [-0.2, -0.15) is 0 Å². The Bertz CT molecular complexity index is 582. The van der Waals surface area contributed by atoms with Crippen molar-refractivity contribution in [2.75, 3.05) is 19.0 Å². The molecule has 1 aliphatic rings. The quantitative estimate of drug-likeness (QED) is 0.719. The standard InChI is InChI=1S/C18H26N2O4/c1-12-8-9-16(24-2)14(10-12)20-18(23)17(22)19-11-15(21)13-6-4-3-5-7-13/h8-10,13,15,21H,3-7,11H2,1-2H3,(H,19,22)(H,20,23)/t15-/m1/s1. The molecule has 24 heavy (non-hydrogen) atoms. The van der Waals surface area contributed by atoms with Gasteiger partial charge in [-0.3, -0.25) is 9.59 Å². The lowest BCUT2D eigenvalue weighted by Crippen LogP contribution is -2.42. The van der Waals surface area contributed by atoms with E-state index in [9.17, 15) is 14.7 Å². The second-order valence-electron chi connectivity index (χ2n) is 6.33. The summed E-state index contributed by atoms with van der Waals surface area (Å²) in [6, 6.07) is 5.33. The molecular weight excluding hydrogens is 308 g/mol. The molecule has 1 aromatic rings. The number of anilines is 1. The second kappa shape index (κ2) is 8.68. The molecule has 132 valence electrons. The highest BCUT2D eigenvalue weighted by molar-refractivity contribution is 6.39. The summed E-state index contributed by atoms with van der Waals surface area (Å²) in [6.07, 6.45) is 4.78. The van der Waals surface area contributed by atoms with Gasteiger partial charge in [0.05, 0.1) is 18.9 Å². The Labute approximate surface area is 142 Å². The summed E-state index contributed by atoms with van der Waals surface area (Å²) in [7, 11) is 1.50. The van der Waals surface area contributed by atoms with Gasteiger partial charge in [-0.1, -0.05) is 25.3 Å². The van der Waals surface area contributed by atoms with Gasteiger partial charge in [-0.05, 0) is 43.4 Å². The summed E-state index contributed by atoms with van der Waals surface area (Å²) in [5, 5.41) is 15.2. The van der Waals surface area contributed by atoms with E-state index in [-0.39, 0.29) is 12.5 Å². The molecule has 0 unspecified atom stereocenters. The molecule has 0 bridgehead atoms. The Kier molecular flexibility index (Phi) is 6.61. The van der Waals surface area contributed by atoms with Crippen LogP contribution in [0.2, 0.25) is 0 Å². The van der Waals surface area contributed by atoms with E-state index < -0.39 is 17.9 Å². The molecule has 2 amide bonds. The lowest BCUT2D eigenvalue weighted by atomic mass is 9.85. The van der Waals surface area contributed by atoms with Crippen LogP contribution in [-0.2, 0) is 9.59 Å². The number of ether oxygens (including phenoxy) is 1. The molecule has 0 spiro atoms. The van der Waals surface area contributed by atoms with Gasteiger partial charge in [0, 0.05) is 6.54 Å². The van der Waals surface area contributed by atoms with Crippen LogP contribution in [0.25, 0.3) is 0 Å². The van der Waals surface area contributed by atoms with Gasteiger partial charge in [0.15, 0.2) is 0 Å². The van der Waals surface area contributed by atoms with Crippen LogP contribution in [0.1, 0.15) is 37.7 Å². The van der Waals surface area contributed by atoms with Crippen molar-refractivity contribution in [3.8, 4) is 5.75 Å². The smallest absolute Gasteiger partial charge is 0.313 e. The Morgan fingerprint density at radius 2 is 1.96 bits per heavy atom. The first-order valence-electron chi connectivity index (χ1n) is 8.43. The topological polar surface area (TPSA) is 87.7 Å². The molecule has 1 aromatic carbocycles. The molecule has 6 heteroatoms. The van der Waals surface area contributed by atoms with Crippen LogP contribution in [0.4, 0.5) is 5.69 Å². The normalized spacial score (nSPS) is 16.3. The van der Waals surface area contributed by atoms with Gasteiger partial charge < -0.3 is 20.5 Å². The molecule has 6 nitrogen and oxygen atoms in total. The third-order valence-corrected chi connectivity index (χ3v) is 4.48. The molecule has 0 heterocycles. The number of carbonyl (C=O) groups is 2. The zero-order valence-corrected chi connectivity index (χ0v) is 14.3. The second-order valence-corrected chi connectivity index (χ2v) is 6.33. The summed E-state index contributed by atoms with van der Waals surface area (Å²) < 4.78 is 5.17. The van der Waals surface area contributed by atoms with E-state index in [1.54, 1.807) is 12.1 Å². The highest BCUT2D eigenvalue weighted by atomic mass is 16.5. The SMILES string of the molecule is COc1ccc(C)cc1NC(=O)C(=O)NC[C@@H](O)C1CCCCC1. The Morgan fingerprint density at radius 3 is 2.62 bits per heavy atom. The van der Waals surface area contributed by atoms with Gasteiger partial charge in [-0.15, -0.1) is 0 Å². The zero-order chi connectivity index (χ0) is 17.5. The van der Waals surface area contributed by atoms with Crippen LogP contribution < -0.4 is 15.4 Å². The fourth-order valence-corrected chi connectivity index (χ4v) is 3.06. The minimum absolute atomic E-state index is 0.0991. The number of rotatable bonds is 5. The van der Waals surface area contributed by atoms with Crippen LogP contribution in [0.15, 0.2) is 18.2 Å².